The molecule has 2 aliphatic heterocycles. The van der Waals surface area contributed by atoms with Gasteiger partial charge in [0, 0.05) is 24.5 Å². The maximum absolute atomic E-state index is 13.7. The maximum Gasteiger partial charge on any atom is 0.259 e. The molecule has 2 aliphatic rings. The number of benzene rings is 3. The van der Waals surface area contributed by atoms with E-state index in [2.05, 4.69) is 47.8 Å². The lowest BCUT2D eigenvalue weighted by molar-refractivity contribution is -0.123. The number of hydrogen-bond donors (Lipinski definition) is 2. The average Bonchev–Trinajstić information content (AvgIpc) is 3.56. The number of amidine groups is 1. The second-order valence-electron chi connectivity index (χ2n) is 14.4. The Morgan fingerprint density at radius 1 is 0.877 bits per heavy atom. The number of guanidine groups is 1. The maximum atomic E-state index is 13.7. The van der Waals surface area contributed by atoms with Crippen molar-refractivity contribution in [3.05, 3.63) is 107 Å². The van der Waals surface area contributed by atoms with Gasteiger partial charge in [-0.1, -0.05) is 68.4 Å². The molecule has 57 heavy (non-hydrogen) atoms. The zero-order chi connectivity index (χ0) is 41.1. The van der Waals surface area contributed by atoms with E-state index in [-0.39, 0.29) is 62.8 Å². The topological polar surface area (TPSA) is 140 Å². The van der Waals surface area contributed by atoms with Crippen LogP contribution in [0.2, 0.25) is 0 Å². The van der Waals surface area contributed by atoms with Crippen molar-refractivity contribution in [3.63, 3.8) is 0 Å². The third kappa shape index (κ3) is 10.2. The predicted octanol–water partition coefficient (Wildman–Crippen LogP) is 5.98. The van der Waals surface area contributed by atoms with E-state index in [1.165, 1.54) is 0 Å². The molecule has 3 aromatic carbocycles. The quantitative estimate of drug-likeness (QED) is 0.0650. The van der Waals surface area contributed by atoms with Crippen LogP contribution in [0.4, 0.5) is 0 Å². The summed E-state index contributed by atoms with van der Waals surface area (Å²) in [6.07, 6.45) is -0.780. The minimum atomic E-state index is -1.53. The van der Waals surface area contributed by atoms with Crippen molar-refractivity contribution in [2.75, 3.05) is 47.1 Å². The molecule has 3 aromatic rings. The van der Waals surface area contributed by atoms with Gasteiger partial charge in [0.05, 0.1) is 20.8 Å². The van der Waals surface area contributed by atoms with Crippen LogP contribution in [0.3, 0.4) is 0 Å². The van der Waals surface area contributed by atoms with Gasteiger partial charge >= 0.3 is 0 Å². The Kier molecular flexibility index (Phi) is 15.2. The molecule has 2 amide bonds. The van der Waals surface area contributed by atoms with E-state index in [1.807, 2.05) is 83.8 Å². The van der Waals surface area contributed by atoms with Crippen LogP contribution in [0.5, 0.6) is 11.5 Å². The van der Waals surface area contributed by atoms with Gasteiger partial charge in [-0.05, 0) is 68.7 Å². The summed E-state index contributed by atoms with van der Waals surface area (Å²) in [6.45, 7) is 20.0. The Balaban J connectivity index is 1.54. The zero-order valence-electron chi connectivity index (χ0n) is 34.0. The summed E-state index contributed by atoms with van der Waals surface area (Å²) in [6, 6.07) is 24.7. The van der Waals surface area contributed by atoms with E-state index < -0.39 is 32.2 Å². The Hall–Kier alpha value is -4.90. The molecule has 0 saturated carbocycles. The van der Waals surface area contributed by atoms with Crippen molar-refractivity contribution in [1.82, 2.24) is 20.2 Å². The highest BCUT2D eigenvalue weighted by Crippen LogP contribution is 2.46. The van der Waals surface area contributed by atoms with Gasteiger partial charge in [-0.25, -0.2) is 16.2 Å². The molecule has 0 spiro atoms. The Bertz CT molecular complexity index is 1840. The van der Waals surface area contributed by atoms with Crippen LogP contribution in [-0.2, 0) is 29.0 Å². The highest BCUT2D eigenvalue weighted by Gasteiger charge is 2.46. The summed E-state index contributed by atoms with van der Waals surface area (Å²) in [5.74, 6) is 0.932. The molecule has 15 heteroatoms. The van der Waals surface area contributed by atoms with E-state index in [1.54, 1.807) is 28.1 Å². The van der Waals surface area contributed by atoms with E-state index in [0.717, 1.165) is 16.7 Å². The fourth-order valence-electron chi connectivity index (χ4n) is 6.79. The van der Waals surface area contributed by atoms with Gasteiger partial charge in [-0.2, -0.15) is 0 Å². The first-order valence-corrected chi connectivity index (χ1v) is 20.2. The molecular weight excluding hydrogens is 745 g/mol. The van der Waals surface area contributed by atoms with Gasteiger partial charge in [0.15, 0.2) is 12.2 Å². The van der Waals surface area contributed by atoms with E-state index >= 15 is 0 Å². The van der Waals surface area contributed by atoms with E-state index in [0.29, 0.717) is 17.3 Å². The molecule has 0 bridgehead atoms. The van der Waals surface area contributed by atoms with Crippen LogP contribution < -0.4 is 20.1 Å². The SMILES string of the molecule is [C-]#[N+]CCOP(OCCN1C(COC(c2ccccc2)(c2ccc(OC)cc2)c2ccc(OC)cc2)=NC2C(=O)NC(NC(=O)C(C)C)=NC21)N(C(C)C)C(C)C. The molecular formula is C42H54N7O7P. The van der Waals surface area contributed by atoms with Gasteiger partial charge in [0.25, 0.3) is 14.4 Å². The second kappa shape index (κ2) is 20.0. The van der Waals surface area contributed by atoms with E-state index in [9.17, 15) is 9.59 Å². The van der Waals surface area contributed by atoms with Crippen LogP contribution in [0, 0.1) is 12.5 Å². The summed E-state index contributed by atoms with van der Waals surface area (Å²) in [5, 5.41) is 5.48. The summed E-state index contributed by atoms with van der Waals surface area (Å²) in [4.78, 5) is 41.5. The van der Waals surface area contributed by atoms with Crippen LogP contribution in [0.25, 0.3) is 4.85 Å². The number of ether oxygens (including phenoxy) is 3. The number of hydrogen-bond acceptors (Lipinski definition) is 11. The summed E-state index contributed by atoms with van der Waals surface area (Å²) < 4.78 is 33.1. The average molecular weight is 800 g/mol. The van der Waals surface area contributed by atoms with Crippen molar-refractivity contribution in [3.8, 4) is 11.5 Å². The van der Waals surface area contributed by atoms with Crippen molar-refractivity contribution >= 4 is 32.1 Å². The number of nitrogens with zero attached hydrogens (tertiary/aromatic N) is 5. The zero-order valence-corrected chi connectivity index (χ0v) is 34.9. The molecule has 2 heterocycles. The first kappa shape index (κ1) is 43.2. The fourth-order valence-corrected chi connectivity index (χ4v) is 8.36. The fraction of sp³-hybridized carbons (Fsp3) is 0.452. The van der Waals surface area contributed by atoms with Gasteiger partial charge < -0.3 is 33.0 Å². The lowest BCUT2D eigenvalue weighted by Gasteiger charge is -2.37. The smallest absolute Gasteiger partial charge is 0.259 e. The third-order valence-electron chi connectivity index (χ3n) is 9.54. The van der Waals surface area contributed by atoms with Gasteiger partial charge in [-0.15, -0.1) is 0 Å². The van der Waals surface area contributed by atoms with Crippen molar-refractivity contribution in [2.24, 2.45) is 15.9 Å². The molecule has 2 N–H and O–H groups in total. The molecule has 3 unspecified atom stereocenters. The Labute approximate surface area is 337 Å². The summed E-state index contributed by atoms with van der Waals surface area (Å²) >= 11 is 0. The Morgan fingerprint density at radius 3 is 1.96 bits per heavy atom. The Morgan fingerprint density at radius 2 is 1.44 bits per heavy atom. The summed E-state index contributed by atoms with van der Waals surface area (Å²) in [7, 11) is 1.72. The van der Waals surface area contributed by atoms with Crippen LogP contribution >= 0.6 is 8.53 Å². The number of carbonyl (C=O) groups is 2. The van der Waals surface area contributed by atoms with Crippen LogP contribution in [-0.4, -0.2) is 105 Å². The normalized spacial score (nSPS) is 17.2. The largest absolute Gasteiger partial charge is 0.497 e. The number of carbonyl (C=O) groups excluding carboxylic acids is 2. The molecule has 5 rings (SSSR count). The highest BCUT2D eigenvalue weighted by atomic mass is 31.2. The molecule has 0 saturated heterocycles. The van der Waals surface area contributed by atoms with Crippen molar-refractivity contribution < 1.29 is 32.8 Å². The van der Waals surface area contributed by atoms with Gasteiger partial charge in [0.1, 0.15) is 36.1 Å². The van der Waals surface area contributed by atoms with Gasteiger partial charge in [-0.3, -0.25) is 25.2 Å². The van der Waals surface area contributed by atoms with Crippen LogP contribution in [0.15, 0.2) is 88.8 Å². The number of rotatable bonds is 19. The highest BCUT2D eigenvalue weighted by molar-refractivity contribution is 7.44. The molecule has 0 aromatic heterocycles. The minimum absolute atomic E-state index is 0.0309. The van der Waals surface area contributed by atoms with Gasteiger partial charge in [0.2, 0.25) is 18.4 Å². The van der Waals surface area contributed by atoms with Crippen LogP contribution in [0.1, 0.15) is 58.2 Å². The monoisotopic (exact) mass is 799 g/mol. The molecule has 304 valence electrons. The lowest BCUT2D eigenvalue weighted by Crippen LogP contribution is -2.57. The molecule has 0 aliphatic carbocycles. The predicted molar refractivity (Wildman–Crippen MR) is 221 cm³/mol. The number of nitrogens with one attached hydrogen (secondary N) is 2. The number of methoxy groups -OCH3 is 2. The first-order valence-electron chi connectivity index (χ1n) is 19.1. The lowest BCUT2D eigenvalue weighted by atomic mass is 9.80. The second-order valence-corrected chi connectivity index (χ2v) is 15.8. The van der Waals surface area contributed by atoms with Crippen molar-refractivity contribution in [1.29, 1.82) is 0 Å². The van der Waals surface area contributed by atoms with E-state index in [4.69, 9.17) is 39.8 Å². The number of amides is 2. The molecule has 0 radical (unpaired) electrons. The molecule has 3 atom stereocenters. The van der Waals surface area contributed by atoms with Crippen molar-refractivity contribution in [2.45, 2.75) is 71.4 Å². The third-order valence-corrected chi connectivity index (χ3v) is 11.6. The standard InChI is InChI=1S/C42H54N7O7P/c1-28(2)39(50)46-41-45-38-37(40(51)47-41)44-36(48(38)24-26-56-57(55-25-23-43-7)49(29(3)4)30(5)6)27-54-42(31-13-11-10-12-14-31,32-15-19-34(52-8)20-16-32)33-17-21-35(53-9)22-18-33/h10-22,28-30,37-38H,23-27H2,1-6,8-9H3,(H2,45,46,47,50,51). The number of fused-ring (bicyclic) bond motifs is 1. The summed E-state index contributed by atoms with van der Waals surface area (Å²) in [5.41, 5.74) is 1.39. The first-order chi connectivity index (χ1) is 27.4. The minimum Gasteiger partial charge on any atom is -0.497 e. The number of aliphatic imine (C=N–C) groups is 2. The molecule has 14 nitrogen and oxygen atoms in total. The molecule has 0 fully saturated rings.